The number of para-hydroxylation sites is 1. The molecular weight excluding hydrogens is 821 g/mol. The Morgan fingerprint density at radius 2 is 0.779 bits per heavy atom. The van der Waals surface area contributed by atoms with E-state index in [0.29, 0.717) is 5.56 Å². The summed E-state index contributed by atoms with van der Waals surface area (Å²) in [4.78, 5) is 4.68. The van der Waals surface area contributed by atoms with Crippen molar-refractivity contribution in [2.45, 2.75) is 71.6 Å². The molecule has 0 saturated carbocycles. The van der Waals surface area contributed by atoms with Gasteiger partial charge in [0, 0.05) is 39.4 Å². The molecule has 2 aliphatic rings. The molecule has 0 radical (unpaired) electrons. The fraction of sp³-hybridized carbons (Fsp3) is 0.182. The average Bonchev–Trinajstić information content (AvgIpc) is 3.70. The van der Waals surface area contributed by atoms with Crippen molar-refractivity contribution >= 4 is 34.1 Å². The van der Waals surface area contributed by atoms with Gasteiger partial charge in [-0.3, -0.25) is 0 Å². The molecule has 0 aromatic heterocycles. The van der Waals surface area contributed by atoms with E-state index in [2.05, 4.69) is 223 Å². The highest BCUT2D eigenvalue weighted by atomic mass is 15.2. The summed E-state index contributed by atoms with van der Waals surface area (Å²) in [6, 6.07) is 65.6. The molecule has 0 amide bonds. The first-order valence-corrected chi connectivity index (χ1v) is 23.8. The van der Waals surface area contributed by atoms with Crippen LogP contribution >= 0.6 is 0 Å². The van der Waals surface area contributed by atoms with Crippen molar-refractivity contribution in [1.29, 1.82) is 0 Å². The zero-order valence-electron chi connectivity index (χ0n) is 45.3. The molecule has 0 spiro atoms. The maximum atomic E-state index is 8.83. The van der Waals surface area contributed by atoms with Crippen LogP contribution in [0.5, 0.6) is 0 Å². The fourth-order valence-corrected chi connectivity index (χ4v) is 11.2. The first kappa shape index (κ1) is 37.6. The van der Waals surface area contributed by atoms with Gasteiger partial charge in [-0.1, -0.05) is 201 Å². The van der Waals surface area contributed by atoms with Crippen molar-refractivity contribution in [1.82, 2.24) is 0 Å². The summed E-state index contributed by atoms with van der Waals surface area (Å²) >= 11 is 0. The molecule has 2 heteroatoms. The maximum Gasteiger partial charge on any atom is 0.0629 e. The Labute approximate surface area is 411 Å². The molecule has 9 aromatic rings. The molecule has 9 aromatic carbocycles. The third-order valence-electron chi connectivity index (χ3n) is 16.3. The number of nitrogens with zero attached hydrogens (tertiary/aromatic N) is 2. The lowest BCUT2D eigenvalue weighted by Crippen LogP contribution is -2.42. The number of fused-ring (bicyclic) bond motifs is 4. The minimum atomic E-state index is -0.403. The minimum absolute atomic E-state index is 0.103. The number of hydrogen-bond donors (Lipinski definition) is 0. The molecule has 0 unspecified atom stereocenters. The Hall–Kier alpha value is -7.42. The molecule has 11 rings (SSSR count). The van der Waals surface area contributed by atoms with Crippen LogP contribution in [-0.2, 0) is 16.2 Å². The lowest BCUT2D eigenvalue weighted by atomic mass is 9.59. The van der Waals surface area contributed by atoms with Crippen LogP contribution in [-0.4, -0.2) is 0 Å². The molecule has 0 bridgehead atoms. The van der Waals surface area contributed by atoms with E-state index in [1.165, 1.54) is 38.9 Å². The van der Waals surface area contributed by atoms with E-state index in [4.69, 9.17) is 6.85 Å². The summed E-state index contributed by atoms with van der Waals surface area (Å²) in [5, 5.41) is 0. The van der Waals surface area contributed by atoms with Crippen LogP contribution in [0, 0.1) is 5.41 Å². The fourth-order valence-electron chi connectivity index (χ4n) is 11.2. The zero-order chi connectivity index (χ0) is 51.4. The monoisotopic (exact) mass is 886 g/mol. The molecule has 0 atom stereocenters. The molecule has 0 N–H and O–H groups in total. The number of anilines is 6. The lowest BCUT2D eigenvalue weighted by Gasteiger charge is -2.44. The zero-order valence-corrected chi connectivity index (χ0v) is 40.3. The van der Waals surface area contributed by atoms with Crippen molar-refractivity contribution in [2.24, 2.45) is 5.41 Å². The summed E-state index contributed by atoms with van der Waals surface area (Å²) < 4.78 is 42.8. The SMILES string of the molecule is [2H]c1c([2H])c([2H])c(-c2ccc(N(c3ccc4c(c3)C(C)(C)c3ccccc3-4)c3cc4c(cc3-c3ccc(N(c5ccccc5)c5ccc(-c6ccccc6)cc5)cc3)C(C)(C)C(C)(C)C4(C)C)cc2)c([2H])c1[2H]. The number of rotatable bonds is 9. The van der Waals surface area contributed by atoms with Crippen LogP contribution in [0.4, 0.5) is 34.1 Å². The third kappa shape index (κ3) is 6.83. The van der Waals surface area contributed by atoms with E-state index in [1.54, 1.807) is 0 Å². The van der Waals surface area contributed by atoms with Gasteiger partial charge in [-0.05, 0) is 150 Å². The molecule has 0 saturated heterocycles. The Bertz CT molecular complexity index is 3570. The number of hydrogen-bond acceptors (Lipinski definition) is 2. The van der Waals surface area contributed by atoms with E-state index in [0.717, 1.165) is 50.8 Å². The van der Waals surface area contributed by atoms with Gasteiger partial charge in [-0.2, -0.15) is 0 Å². The van der Waals surface area contributed by atoms with Gasteiger partial charge in [0.2, 0.25) is 0 Å². The topological polar surface area (TPSA) is 6.48 Å². The van der Waals surface area contributed by atoms with Gasteiger partial charge in [0.15, 0.2) is 0 Å². The summed E-state index contributed by atoms with van der Waals surface area (Å²) in [5.41, 5.74) is 18.2. The first-order valence-electron chi connectivity index (χ1n) is 26.3. The van der Waals surface area contributed by atoms with Crippen molar-refractivity contribution < 1.29 is 6.85 Å². The highest BCUT2D eigenvalue weighted by molar-refractivity contribution is 5.93. The van der Waals surface area contributed by atoms with E-state index in [1.807, 2.05) is 30.3 Å². The Morgan fingerprint density at radius 1 is 0.324 bits per heavy atom. The molecule has 334 valence electrons. The van der Waals surface area contributed by atoms with Crippen molar-refractivity contribution in [3.05, 3.63) is 241 Å². The van der Waals surface area contributed by atoms with E-state index in [9.17, 15) is 0 Å². The van der Waals surface area contributed by atoms with Gasteiger partial charge in [-0.25, -0.2) is 0 Å². The Balaban J connectivity index is 1.12. The van der Waals surface area contributed by atoms with Crippen LogP contribution < -0.4 is 9.80 Å². The lowest BCUT2D eigenvalue weighted by molar-refractivity contribution is 0.125. The van der Waals surface area contributed by atoms with Gasteiger partial charge in [-0.15, -0.1) is 0 Å². The van der Waals surface area contributed by atoms with E-state index in [-0.39, 0.29) is 51.4 Å². The van der Waals surface area contributed by atoms with Gasteiger partial charge >= 0.3 is 0 Å². The Morgan fingerprint density at radius 3 is 1.40 bits per heavy atom. The Kier molecular flexibility index (Phi) is 8.93. The average molecular weight is 886 g/mol. The minimum Gasteiger partial charge on any atom is -0.311 e. The van der Waals surface area contributed by atoms with Gasteiger partial charge in [0.05, 0.1) is 12.5 Å². The van der Waals surface area contributed by atoms with Crippen molar-refractivity contribution in [3.8, 4) is 44.5 Å². The largest absolute Gasteiger partial charge is 0.311 e. The molecule has 68 heavy (non-hydrogen) atoms. The normalized spacial score (nSPS) is 16.6. The second-order valence-corrected chi connectivity index (χ2v) is 20.7. The second kappa shape index (κ2) is 16.1. The van der Waals surface area contributed by atoms with Crippen molar-refractivity contribution in [2.75, 3.05) is 9.80 Å². The quantitative estimate of drug-likeness (QED) is 0.142. The summed E-state index contributed by atoms with van der Waals surface area (Å²) in [6.45, 7) is 19.0. The highest BCUT2D eigenvalue weighted by Crippen LogP contribution is 2.63. The predicted octanol–water partition coefficient (Wildman–Crippen LogP) is 18.5. The molecule has 0 heterocycles. The van der Waals surface area contributed by atoms with Crippen LogP contribution in [0.3, 0.4) is 0 Å². The van der Waals surface area contributed by atoms with Crippen LogP contribution in [0.15, 0.2) is 218 Å². The molecule has 0 aliphatic heterocycles. The third-order valence-corrected chi connectivity index (χ3v) is 16.3. The van der Waals surface area contributed by atoms with E-state index < -0.39 is 6.04 Å². The van der Waals surface area contributed by atoms with Crippen LogP contribution in [0.2, 0.25) is 0 Å². The number of benzene rings is 9. The highest BCUT2D eigenvalue weighted by Gasteiger charge is 2.57. The standard InChI is InChI=1S/C66H60N2/c1-63(2)58-27-19-18-26-55(58)56-41-40-54(42-59(56)63)68(53-36-30-48(31-37-53)46-22-14-10-15-23-46)62-44-61-60(64(3,4)66(7,8)65(61,5)6)43-57(62)49-32-38-52(39-33-49)67(50-24-16-11-17-25-50)51-34-28-47(29-35-51)45-20-12-9-13-21-45/h9-44H,1-8H3/i10D,14D,15D,22D,23D. The summed E-state index contributed by atoms with van der Waals surface area (Å²) in [6.07, 6.45) is 0. The summed E-state index contributed by atoms with van der Waals surface area (Å²) in [7, 11) is 0. The first-order chi connectivity index (χ1) is 34.8. The molecular formula is C66H60N2. The second-order valence-electron chi connectivity index (χ2n) is 20.7. The van der Waals surface area contributed by atoms with Crippen LogP contribution in [0.1, 0.15) is 84.5 Å². The summed E-state index contributed by atoms with van der Waals surface area (Å²) in [5.74, 6) is 0. The van der Waals surface area contributed by atoms with Gasteiger partial charge in [0.25, 0.3) is 0 Å². The smallest absolute Gasteiger partial charge is 0.0629 e. The molecule has 2 aliphatic carbocycles. The van der Waals surface area contributed by atoms with Gasteiger partial charge in [0.1, 0.15) is 0 Å². The van der Waals surface area contributed by atoms with E-state index >= 15 is 0 Å². The predicted molar refractivity (Wildman–Crippen MR) is 290 cm³/mol. The molecule has 0 fully saturated rings. The maximum absolute atomic E-state index is 8.83. The van der Waals surface area contributed by atoms with Crippen molar-refractivity contribution in [3.63, 3.8) is 0 Å². The van der Waals surface area contributed by atoms with Crippen LogP contribution in [0.25, 0.3) is 44.5 Å². The van der Waals surface area contributed by atoms with Gasteiger partial charge < -0.3 is 9.80 Å². The molecule has 2 nitrogen and oxygen atoms in total.